The highest BCUT2D eigenvalue weighted by molar-refractivity contribution is 9.10. The first-order valence-electron chi connectivity index (χ1n) is 8.93. The summed E-state index contributed by atoms with van der Waals surface area (Å²) in [5.74, 6) is -0.134. The van der Waals surface area contributed by atoms with Gasteiger partial charge in [0.05, 0.1) is 12.6 Å². The zero-order chi connectivity index (χ0) is 19.4. The maximum atomic E-state index is 12.3. The van der Waals surface area contributed by atoms with Crippen LogP contribution < -0.4 is 5.43 Å². The molecule has 3 aromatic carbocycles. The van der Waals surface area contributed by atoms with Crippen LogP contribution in [0.25, 0.3) is 10.8 Å². The number of rotatable bonds is 4. The van der Waals surface area contributed by atoms with Gasteiger partial charge in [-0.15, -0.1) is 0 Å². The third-order valence-corrected chi connectivity index (χ3v) is 5.18. The Kier molecular flexibility index (Phi) is 5.76. The normalized spacial score (nSPS) is 11.9. The van der Waals surface area contributed by atoms with Crippen molar-refractivity contribution in [1.29, 1.82) is 0 Å². The highest BCUT2D eigenvalue weighted by Crippen LogP contribution is 2.27. The van der Waals surface area contributed by atoms with Gasteiger partial charge in [-0.05, 0) is 38.9 Å². The molecular weight excluding hydrogens is 400 g/mol. The summed E-state index contributed by atoms with van der Waals surface area (Å²) < 4.78 is 1.03. The number of hydrogen-bond acceptors (Lipinski definition) is 2. The van der Waals surface area contributed by atoms with Gasteiger partial charge in [0, 0.05) is 4.47 Å². The van der Waals surface area contributed by atoms with Crippen molar-refractivity contribution in [2.75, 3.05) is 0 Å². The molecule has 0 unspecified atom stereocenters. The molecule has 0 atom stereocenters. The summed E-state index contributed by atoms with van der Waals surface area (Å²) in [6.07, 6.45) is 1.96. The van der Waals surface area contributed by atoms with Crippen molar-refractivity contribution < 1.29 is 4.79 Å². The number of amides is 1. The van der Waals surface area contributed by atoms with Gasteiger partial charge in [-0.1, -0.05) is 91.3 Å². The second-order valence-corrected chi connectivity index (χ2v) is 8.45. The Balaban J connectivity index is 1.65. The fraction of sp³-hybridized carbons (Fsp3) is 0.217. The lowest BCUT2D eigenvalue weighted by atomic mass is 9.87. The Morgan fingerprint density at radius 2 is 1.67 bits per heavy atom. The number of fused-ring (bicyclic) bond motifs is 1. The molecule has 0 aromatic heterocycles. The van der Waals surface area contributed by atoms with E-state index in [9.17, 15) is 4.79 Å². The van der Waals surface area contributed by atoms with Gasteiger partial charge in [0.25, 0.3) is 0 Å². The van der Waals surface area contributed by atoms with Crippen molar-refractivity contribution in [3.63, 3.8) is 0 Å². The molecule has 0 saturated carbocycles. The summed E-state index contributed by atoms with van der Waals surface area (Å²) in [6, 6.07) is 20.2. The van der Waals surface area contributed by atoms with E-state index in [1.54, 1.807) is 6.21 Å². The third-order valence-electron chi connectivity index (χ3n) is 4.49. The van der Waals surface area contributed by atoms with E-state index >= 15 is 0 Å². The molecule has 4 heteroatoms. The summed E-state index contributed by atoms with van der Waals surface area (Å²) in [5.41, 5.74) is 5.95. The standard InChI is InChI=1S/C23H23BrN2O/c1-23(2,3)18-11-8-16(9-12-18)15-25-26-22(27)14-17-10-13-21(24)20-7-5-4-6-19(17)20/h4-13,15H,14H2,1-3H3,(H,26,27)/b25-15+. The Hall–Kier alpha value is -2.46. The smallest absolute Gasteiger partial charge is 0.244 e. The number of carbonyl (C=O) groups excluding carboxylic acids is 1. The second kappa shape index (κ2) is 8.05. The van der Waals surface area contributed by atoms with Crippen LogP contribution in [0.2, 0.25) is 0 Å². The minimum absolute atomic E-state index is 0.122. The predicted molar refractivity (Wildman–Crippen MR) is 116 cm³/mol. The topological polar surface area (TPSA) is 41.5 Å². The molecule has 0 aliphatic heterocycles. The van der Waals surface area contributed by atoms with E-state index in [1.807, 2.05) is 48.5 Å². The zero-order valence-corrected chi connectivity index (χ0v) is 17.4. The lowest BCUT2D eigenvalue weighted by Gasteiger charge is -2.18. The predicted octanol–water partition coefficient (Wildman–Crippen LogP) is 5.59. The Bertz CT molecular complexity index is 985. The summed E-state index contributed by atoms with van der Waals surface area (Å²) in [4.78, 5) is 12.3. The minimum atomic E-state index is -0.134. The van der Waals surface area contributed by atoms with Crippen LogP contribution in [0.1, 0.15) is 37.5 Å². The maximum absolute atomic E-state index is 12.3. The van der Waals surface area contributed by atoms with Gasteiger partial charge in [0.15, 0.2) is 0 Å². The Labute approximate surface area is 168 Å². The van der Waals surface area contributed by atoms with E-state index in [2.05, 4.69) is 59.4 Å². The van der Waals surface area contributed by atoms with Gasteiger partial charge in [-0.2, -0.15) is 5.10 Å². The molecule has 0 spiro atoms. The Morgan fingerprint density at radius 3 is 2.33 bits per heavy atom. The lowest BCUT2D eigenvalue weighted by Crippen LogP contribution is -2.20. The minimum Gasteiger partial charge on any atom is -0.273 e. The van der Waals surface area contributed by atoms with E-state index in [0.29, 0.717) is 0 Å². The lowest BCUT2D eigenvalue weighted by molar-refractivity contribution is -0.120. The van der Waals surface area contributed by atoms with Crippen LogP contribution in [-0.2, 0) is 16.6 Å². The fourth-order valence-electron chi connectivity index (χ4n) is 2.94. The summed E-state index contributed by atoms with van der Waals surface area (Å²) in [6.45, 7) is 6.55. The molecule has 0 fully saturated rings. The van der Waals surface area contributed by atoms with Gasteiger partial charge >= 0.3 is 0 Å². The molecule has 3 nitrogen and oxygen atoms in total. The molecule has 0 saturated heterocycles. The van der Waals surface area contributed by atoms with Crippen molar-refractivity contribution in [3.8, 4) is 0 Å². The zero-order valence-electron chi connectivity index (χ0n) is 15.8. The molecule has 1 N–H and O–H groups in total. The van der Waals surface area contributed by atoms with Crippen LogP contribution in [0.4, 0.5) is 0 Å². The first kappa shape index (κ1) is 19.3. The first-order chi connectivity index (χ1) is 12.8. The van der Waals surface area contributed by atoms with E-state index in [4.69, 9.17) is 0 Å². The van der Waals surface area contributed by atoms with Gasteiger partial charge in [0.1, 0.15) is 0 Å². The fourth-order valence-corrected chi connectivity index (χ4v) is 3.42. The van der Waals surface area contributed by atoms with Gasteiger partial charge in [0.2, 0.25) is 5.91 Å². The molecule has 0 heterocycles. The maximum Gasteiger partial charge on any atom is 0.244 e. The van der Waals surface area contributed by atoms with Crippen LogP contribution in [0.3, 0.4) is 0 Å². The number of hydrogen-bond donors (Lipinski definition) is 1. The average molecular weight is 423 g/mol. The molecule has 0 aliphatic carbocycles. The first-order valence-corrected chi connectivity index (χ1v) is 9.72. The monoisotopic (exact) mass is 422 g/mol. The third kappa shape index (κ3) is 4.83. The van der Waals surface area contributed by atoms with Gasteiger partial charge in [-0.25, -0.2) is 5.43 Å². The van der Waals surface area contributed by atoms with E-state index in [-0.39, 0.29) is 17.7 Å². The van der Waals surface area contributed by atoms with E-state index in [0.717, 1.165) is 26.4 Å². The van der Waals surface area contributed by atoms with Crippen molar-refractivity contribution in [2.24, 2.45) is 5.10 Å². The highest BCUT2D eigenvalue weighted by Gasteiger charge is 2.12. The quantitative estimate of drug-likeness (QED) is 0.431. The summed E-state index contributed by atoms with van der Waals surface area (Å²) in [5, 5.41) is 6.27. The van der Waals surface area contributed by atoms with Crippen LogP contribution in [0.5, 0.6) is 0 Å². The molecule has 138 valence electrons. The van der Waals surface area contributed by atoms with Gasteiger partial charge < -0.3 is 0 Å². The van der Waals surface area contributed by atoms with Crippen molar-refractivity contribution in [2.45, 2.75) is 32.6 Å². The number of halogens is 1. The second-order valence-electron chi connectivity index (χ2n) is 7.59. The summed E-state index contributed by atoms with van der Waals surface area (Å²) >= 11 is 3.56. The number of carbonyl (C=O) groups is 1. The number of nitrogens with one attached hydrogen (secondary N) is 1. The average Bonchev–Trinajstić information content (AvgIpc) is 2.64. The Morgan fingerprint density at radius 1 is 1.00 bits per heavy atom. The number of benzene rings is 3. The van der Waals surface area contributed by atoms with Crippen LogP contribution in [0, 0.1) is 0 Å². The highest BCUT2D eigenvalue weighted by atomic mass is 79.9. The number of nitrogens with zero attached hydrogens (tertiary/aromatic N) is 1. The molecule has 3 aromatic rings. The molecule has 0 aliphatic rings. The molecule has 27 heavy (non-hydrogen) atoms. The van der Waals surface area contributed by atoms with Gasteiger partial charge in [-0.3, -0.25) is 4.79 Å². The SMILES string of the molecule is CC(C)(C)c1ccc(/C=N/NC(=O)Cc2ccc(Br)c3ccccc23)cc1. The van der Waals surface area contributed by atoms with E-state index < -0.39 is 0 Å². The number of hydrazone groups is 1. The molecule has 0 bridgehead atoms. The molecule has 1 amide bonds. The molecule has 0 radical (unpaired) electrons. The van der Waals surface area contributed by atoms with Crippen molar-refractivity contribution in [1.82, 2.24) is 5.43 Å². The van der Waals surface area contributed by atoms with E-state index in [1.165, 1.54) is 5.56 Å². The molecular formula is C23H23BrN2O. The van der Waals surface area contributed by atoms with Crippen molar-refractivity contribution >= 4 is 38.8 Å². The molecule has 3 rings (SSSR count). The van der Waals surface area contributed by atoms with Crippen LogP contribution in [0.15, 0.2) is 70.2 Å². The van der Waals surface area contributed by atoms with Crippen molar-refractivity contribution in [3.05, 3.63) is 81.8 Å². The summed E-state index contributed by atoms with van der Waals surface area (Å²) in [7, 11) is 0. The van der Waals surface area contributed by atoms with Crippen LogP contribution in [-0.4, -0.2) is 12.1 Å². The largest absolute Gasteiger partial charge is 0.273 e. The van der Waals surface area contributed by atoms with Crippen LogP contribution >= 0.6 is 15.9 Å².